The first kappa shape index (κ1) is 13.5. The first-order valence-corrected chi connectivity index (χ1v) is 6.78. The quantitative estimate of drug-likeness (QED) is 0.571. The van der Waals surface area contributed by atoms with E-state index in [2.05, 4.69) is 56.7 Å². The standard InChI is InChI=1S/C9H16BrN5S/c1-9(2,16-3)4-12-7-6(10)8(15-11)14-5-13-7/h5H,4,11H2,1-3H3,(H2,12,13,14,15). The molecule has 0 radical (unpaired) electrons. The van der Waals surface area contributed by atoms with Gasteiger partial charge >= 0.3 is 0 Å². The summed E-state index contributed by atoms with van der Waals surface area (Å²) in [5.74, 6) is 6.64. The van der Waals surface area contributed by atoms with E-state index < -0.39 is 0 Å². The summed E-state index contributed by atoms with van der Waals surface area (Å²) in [5, 5.41) is 3.26. The van der Waals surface area contributed by atoms with Crippen LogP contribution >= 0.6 is 27.7 Å². The number of halogens is 1. The van der Waals surface area contributed by atoms with Crippen LogP contribution in [0.5, 0.6) is 0 Å². The fourth-order valence-corrected chi connectivity index (χ4v) is 1.64. The number of thioether (sulfide) groups is 1. The van der Waals surface area contributed by atoms with Gasteiger partial charge in [0, 0.05) is 11.3 Å². The Morgan fingerprint density at radius 1 is 1.44 bits per heavy atom. The minimum Gasteiger partial charge on any atom is -0.368 e. The Morgan fingerprint density at radius 3 is 2.62 bits per heavy atom. The highest BCUT2D eigenvalue weighted by atomic mass is 79.9. The number of hydrazine groups is 1. The highest BCUT2D eigenvalue weighted by Crippen LogP contribution is 2.27. The van der Waals surface area contributed by atoms with Gasteiger partial charge in [-0.05, 0) is 36.0 Å². The smallest absolute Gasteiger partial charge is 0.159 e. The third-order valence-electron chi connectivity index (χ3n) is 2.16. The Labute approximate surface area is 108 Å². The van der Waals surface area contributed by atoms with E-state index in [0.29, 0.717) is 5.82 Å². The second-order valence-corrected chi connectivity index (χ2v) is 6.15. The number of nitrogens with one attached hydrogen (secondary N) is 2. The van der Waals surface area contributed by atoms with Crippen molar-refractivity contribution >= 4 is 39.3 Å². The predicted octanol–water partition coefficient (Wildman–Crippen LogP) is 2.08. The van der Waals surface area contributed by atoms with Gasteiger partial charge in [0.25, 0.3) is 0 Å². The Balaban J connectivity index is 2.75. The van der Waals surface area contributed by atoms with Gasteiger partial charge < -0.3 is 10.7 Å². The third-order valence-corrected chi connectivity index (χ3v) is 4.16. The summed E-state index contributed by atoms with van der Waals surface area (Å²) in [6.07, 6.45) is 3.55. The molecule has 0 aromatic carbocycles. The lowest BCUT2D eigenvalue weighted by Gasteiger charge is -2.23. The van der Waals surface area contributed by atoms with Crippen LogP contribution in [0.3, 0.4) is 0 Å². The van der Waals surface area contributed by atoms with Crippen LogP contribution in [-0.4, -0.2) is 27.5 Å². The molecule has 1 aromatic heterocycles. The maximum atomic E-state index is 5.33. The third kappa shape index (κ3) is 3.50. The van der Waals surface area contributed by atoms with Crippen LogP contribution in [0.4, 0.5) is 11.6 Å². The zero-order chi connectivity index (χ0) is 12.2. The van der Waals surface area contributed by atoms with Gasteiger partial charge in [0.15, 0.2) is 5.82 Å². The summed E-state index contributed by atoms with van der Waals surface area (Å²) in [5.41, 5.74) is 2.50. The van der Waals surface area contributed by atoms with E-state index in [1.165, 1.54) is 6.33 Å². The van der Waals surface area contributed by atoms with Crippen LogP contribution in [-0.2, 0) is 0 Å². The van der Waals surface area contributed by atoms with E-state index in [1.54, 1.807) is 11.8 Å². The lowest BCUT2D eigenvalue weighted by atomic mass is 10.2. The van der Waals surface area contributed by atoms with E-state index in [-0.39, 0.29) is 4.75 Å². The van der Waals surface area contributed by atoms with Crippen molar-refractivity contribution in [3.63, 3.8) is 0 Å². The highest BCUT2D eigenvalue weighted by Gasteiger charge is 2.17. The van der Waals surface area contributed by atoms with E-state index in [9.17, 15) is 0 Å². The Kier molecular flexibility index (Phi) is 4.82. The largest absolute Gasteiger partial charge is 0.368 e. The van der Waals surface area contributed by atoms with Gasteiger partial charge in [0.05, 0.1) is 0 Å². The Bertz CT molecular complexity index is 358. The molecule has 5 nitrogen and oxygen atoms in total. The summed E-state index contributed by atoms with van der Waals surface area (Å²) in [4.78, 5) is 8.13. The van der Waals surface area contributed by atoms with Crippen molar-refractivity contribution in [2.75, 3.05) is 23.5 Å². The molecule has 1 rings (SSSR count). The molecule has 0 bridgehead atoms. The van der Waals surface area contributed by atoms with Crippen molar-refractivity contribution in [2.45, 2.75) is 18.6 Å². The summed E-state index contributed by atoms with van der Waals surface area (Å²) in [6.45, 7) is 5.15. The van der Waals surface area contributed by atoms with Crippen molar-refractivity contribution in [3.05, 3.63) is 10.8 Å². The summed E-state index contributed by atoms with van der Waals surface area (Å²) in [6, 6.07) is 0. The lowest BCUT2D eigenvalue weighted by Crippen LogP contribution is -2.26. The second kappa shape index (κ2) is 5.70. The van der Waals surface area contributed by atoms with Gasteiger partial charge in [-0.15, -0.1) is 0 Å². The Morgan fingerprint density at radius 2 is 2.06 bits per heavy atom. The number of nitrogens with two attached hydrogens (primary N) is 1. The molecule has 4 N–H and O–H groups in total. The van der Waals surface area contributed by atoms with Gasteiger partial charge in [-0.1, -0.05) is 0 Å². The number of anilines is 2. The lowest BCUT2D eigenvalue weighted by molar-refractivity contribution is 0.749. The van der Waals surface area contributed by atoms with Gasteiger partial charge in [-0.25, -0.2) is 15.8 Å². The van der Waals surface area contributed by atoms with Crippen molar-refractivity contribution in [1.82, 2.24) is 9.97 Å². The first-order valence-electron chi connectivity index (χ1n) is 4.76. The van der Waals surface area contributed by atoms with Crippen LogP contribution in [0, 0.1) is 0 Å². The molecule has 0 amide bonds. The molecule has 7 heteroatoms. The molecule has 1 heterocycles. The second-order valence-electron chi connectivity index (χ2n) is 3.85. The van der Waals surface area contributed by atoms with Crippen molar-refractivity contribution < 1.29 is 0 Å². The van der Waals surface area contributed by atoms with Gasteiger partial charge in [-0.3, -0.25) is 0 Å². The van der Waals surface area contributed by atoms with Crippen LogP contribution in [0.25, 0.3) is 0 Å². The molecule has 90 valence electrons. The van der Waals surface area contributed by atoms with E-state index in [1.807, 2.05) is 0 Å². The molecule has 0 unspecified atom stereocenters. The average Bonchev–Trinajstić information content (AvgIpc) is 2.28. The molecular weight excluding hydrogens is 290 g/mol. The summed E-state index contributed by atoms with van der Waals surface area (Å²) in [7, 11) is 0. The first-order chi connectivity index (χ1) is 7.50. The fourth-order valence-electron chi connectivity index (χ4n) is 0.962. The monoisotopic (exact) mass is 305 g/mol. The molecule has 0 aliphatic carbocycles. The maximum absolute atomic E-state index is 5.33. The molecule has 0 saturated heterocycles. The zero-order valence-corrected chi connectivity index (χ0v) is 11.9. The van der Waals surface area contributed by atoms with Crippen LogP contribution < -0.4 is 16.6 Å². The van der Waals surface area contributed by atoms with Crippen molar-refractivity contribution in [3.8, 4) is 0 Å². The predicted molar refractivity (Wildman–Crippen MR) is 73.6 cm³/mol. The van der Waals surface area contributed by atoms with Gasteiger partial charge in [0.1, 0.15) is 16.6 Å². The topological polar surface area (TPSA) is 75.9 Å². The molecule has 16 heavy (non-hydrogen) atoms. The highest BCUT2D eigenvalue weighted by molar-refractivity contribution is 9.10. The average molecular weight is 306 g/mol. The number of hydrogen-bond donors (Lipinski definition) is 3. The van der Waals surface area contributed by atoms with Crippen LogP contribution in [0.2, 0.25) is 0 Å². The van der Waals surface area contributed by atoms with Crippen LogP contribution in [0.15, 0.2) is 10.8 Å². The Hall–Kier alpha value is -0.530. The SMILES string of the molecule is CSC(C)(C)CNc1ncnc(NN)c1Br. The minimum absolute atomic E-state index is 0.153. The van der Waals surface area contributed by atoms with E-state index in [4.69, 9.17) is 5.84 Å². The number of nitrogens with zero attached hydrogens (tertiary/aromatic N) is 2. The maximum Gasteiger partial charge on any atom is 0.159 e. The number of nitrogen functional groups attached to an aromatic ring is 1. The van der Waals surface area contributed by atoms with Crippen molar-refractivity contribution in [1.29, 1.82) is 0 Å². The molecule has 0 fully saturated rings. The van der Waals surface area contributed by atoms with Crippen LogP contribution in [0.1, 0.15) is 13.8 Å². The number of aromatic nitrogens is 2. The summed E-state index contributed by atoms with van der Waals surface area (Å²) < 4.78 is 0.898. The fraction of sp³-hybridized carbons (Fsp3) is 0.556. The molecule has 0 spiro atoms. The molecule has 0 aliphatic rings. The van der Waals surface area contributed by atoms with Gasteiger partial charge in [-0.2, -0.15) is 11.8 Å². The minimum atomic E-state index is 0.153. The van der Waals surface area contributed by atoms with Gasteiger partial charge in [0.2, 0.25) is 0 Å². The van der Waals surface area contributed by atoms with Crippen molar-refractivity contribution in [2.24, 2.45) is 5.84 Å². The normalized spacial score (nSPS) is 11.3. The number of hydrogen-bond acceptors (Lipinski definition) is 6. The summed E-state index contributed by atoms with van der Waals surface area (Å²) >= 11 is 5.19. The molecule has 1 aromatic rings. The number of rotatable bonds is 5. The van der Waals surface area contributed by atoms with E-state index in [0.717, 1.165) is 16.8 Å². The molecule has 0 saturated carbocycles. The molecular formula is C9H16BrN5S. The zero-order valence-electron chi connectivity index (χ0n) is 9.54. The molecule has 0 aliphatic heterocycles. The van der Waals surface area contributed by atoms with E-state index >= 15 is 0 Å². The molecule has 0 atom stereocenters.